The lowest BCUT2D eigenvalue weighted by atomic mass is 10.0. The minimum atomic E-state index is 0.0168. The first kappa shape index (κ1) is 14.6. The molecule has 1 heterocycles. The van der Waals surface area contributed by atoms with Crippen LogP contribution in [-0.4, -0.2) is 16.7 Å². The Morgan fingerprint density at radius 1 is 1.45 bits per heavy atom. The number of methoxy groups -OCH3 is 1. The Kier molecular flexibility index (Phi) is 5.15. The van der Waals surface area contributed by atoms with E-state index in [1.165, 1.54) is 0 Å². The van der Waals surface area contributed by atoms with E-state index in [1.807, 2.05) is 36.7 Å². The van der Waals surface area contributed by atoms with Crippen LogP contribution >= 0.6 is 0 Å². The van der Waals surface area contributed by atoms with Gasteiger partial charge in [0.05, 0.1) is 13.2 Å². The van der Waals surface area contributed by atoms with Gasteiger partial charge in [-0.25, -0.2) is 4.98 Å². The van der Waals surface area contributed by atoms with Crippen LogP contribution in [0.5, 0.6) is 5.75 Å². The number of nitrogens with zero attached hydrogens (tertiary/aromatic N) is 2. The number of rotatable bonds is 7. The number of benzene rings is 1. The Labute approximate surface area is 119 Å². The van der Waals surface area contributed by atoms with Crippen molar-refractivity contribution in [2.75, 3.05) is 7.11 Å². The molecule has 20 heavy (non-hydrogen) atoms. The van der Waals surface area contributed by atoms with Crippen molar-refractivity contribution in [2.45, 2.75) is 32.4 Å². The molecule has 0 aliphatic carbocycles. The van der Waals surface area contributed by atoms with Crippen molar-refractivity contribution in [1.82, 2.24) is 15.0 Å². The molecule has 0 amide bonds. The third kappa shape index (κ3) is 3.37. The van der Waals surface area contributed by atoms with E-state index in [0.29, 0.717) is 0 Å². The van der Waals surface area contributed by atoms with E-state index in [-0.39, 0.29) is 6.04 Å². The minimum absolute atomic E-state index is 0.0168. The summed E-state index contributed by atoms with van der Waals surface area (Å²) in [6.45, 7) is 3.13. The second-order valence-electron chi connectivity index (χ2n) is 4.74. The molecule has 5 nitrogen and oxygen atoms in total. The van der Waals surface area contributed by atoms with E-state index in [4.69, 9.17) is 10.6 Å². The summed E-state index contributed by atoms with van der Waals surface area (Å²) in [6, 6.07) is 7.95. The predicted molar refractivity (Wildman–Crippen MR) is 79.3 cm³/mol. The highest BCUT2D eigenvalue weighted by Gasteiger charge is 2.14. The van der Waals surface area contributed by atoms with Gasteiger partial charge in [-0.1, -0.05) is 19.1 Å². The lowest BCUT2D eigenvalue weighted by Crippen LogP contribution is -2.30. The van der Waals surface area contributed by atoms with Gasteiger partial charge in [-0.2, -0.15) is 0 Å². The molecule has 0 radical (unpaired) electrons. The first-order valence-corrected chi connectivity index (χ1v) is 6.88. The van der Waals surface area contributed by atoms with Crippen molar-refractivity contribution in [3.05, 3.63) is 48.0 Å². The van der Waals surface area contributed by atoms with Crippen molar-refractivity contribution in [3.63, 3.8) is 0 Å². The highest BCUT2D eigenvalue weighted by atomic mass is 16.5. The van der Waals surface area contributed by atoms with E-state index in [2.05, 4.69) is 21.9 Å². The van der Waals surface area contributed by atoms with Gasteiger partial charge in [-0.3, -0.25) is 11.3 Å². The molecule has 0 aliphatic rings. The van der Waals surface area contributed by atoms with Crippen LogP contribution in [0.4, 0.5) is 0 Å². The summed E-state index contributed by atoms with van der Waals surface area (Å²) >= 11 is 0. The molecule has 1 atom stereocenters. The van der Waals surface area contributed by atoms with Crippen molar-refractivity contribution < 1.29 is 4.74 Å². The maximum Gasteiger partial charge on any atom is 0.119 e. The number of imidazole rings is 1. The van der Waals surface area contributed by atoms with Crippen LogP contribution in [0, 0.1) is 0 Å². The number of nitrogens with two attached hydrogens (primary N) is 1. The van der Waals surface area contributed by atoms with Crippen LogP contribution in [0.25, 0.3) is 0 Å². The number of hydrogen-bond donors (Lipinski definition) is 2. The fourth-order valence-electron chi connectivity index (χ4n) is 2.29. The lowest BCUT2D eigenvalue weighted by Gasteiger charge is -2.17. The normalized spacial score (nSPS) is 12.3. The van der Waals surface area contributed by atoms with Gasteiger partial charge in [0, 0.05) is 25.4 Å². The molecule has 2 aromatic rings. The topological polar surface area (TPSA) is 65.1 Å². The van der Waals surface area contributed by atoms with Gasteiger partial charge >= 0.3 is 0 Å². The first-order valence-electron chi connectivity index (χ1n) is 6.88. The number of aryl methyl sites for hydroxylation is 1. The van der Waals surface area contributed by atoms with Crippen LogP contribution in [-0.2, 0) is 13.0 Å². The molecule has 5 heteroatoms. The van der Waals surface area contributed by atoms with Crippen molar-refractivity contribution >= 4 is 0 Å². The van der Waals surface area contributed by atoms with E-state index >= 15 is 0 Å². The van der Waals surface area contributed by atoms with Crippen molar-refractivity contribution in [2.24, 2.45) is 5.84 Å². The van der Waals surface area contributed by atoms with Crippen LogP contribution in [0.1, 0.15) is 30.8 Å². The van der Waals surface area contributed by atoms with Crippen LogP contribution < -0.4 is 16.0 Å². The Morgan fingerprint density at radius 3 is 3.00 bits per heavy atom. The molecule has 1 unspecified atom stereocenters. The summed E-state index contributed by atoms with van der Waals surface area (Å²) in [5, 5.41) is 0. The monoisotopic (exact) mass is 274 g/mol. The maximum absolute atomic E-state index is 5.71. The smallest absolute Gasteiger partial charge is 0.119 e. The fraction of sp³-hybridized carbons (Fsp3) is 0.400. The average Bonchev–Trinajstić information content (AvgIpc) is 2.92. The number of hydrazine groups is 1. The molecule has 2 rings (SSSR count). The number of ether oxygens (including phenoxy) is 1. The molecular formula is C15H22N4O. The van der Waals surface area contributed by atoms with Crippen LogP contribution in [0.3, 0.4) is 0 Å². The molecule has 0 saturated carbocycles. The fourth-order valence-corrected chi connectivity index (χ4v) is 2.29. The average molecular weight is 274 g/mol. The van der Waals surface area contributed by atoms with Crippen LogP contribution in [0.2, 0.25) is 0 Å². The molecule has 1 aromatic heterocycles. The van der Waals surface area contributed by atoms with Gasteiger partial charge in [-0.05, 0) is 24.1 Å². The number of nitrogens with one attached hydrogen (secondary N) is 1. The molecule has 1 aromatic carbocycles. The molecule has 0 bridgehead atoms. The van der Waals surface area contributed by atoms with E-state index in [9.17, 15) is 0 Å². The predicted octanol–water partition coefficient (Wildman–Crippen LogP) is 2.05. The highest BCUT2D eigenvalue weighted by Crippen LogP contribution is 2.21. The van der Waals surface area contributed by atoms with Gasteiger partial charge in [0.2, 0.25) is 0 Å². The zero-order valence-electron chi connectivity index (χ0n) is 12.0. The second kappa shape index (κ2) is 7.07. The molecule has 108 valence electrons. The van der Waals surface area contributed by atoms with E-state index in [1.54, 1.807) is 7.11 Å². The Morgan fingerprint density at radius 2 is 2.30 bits per heavy atom. The maximum atomic E-state index is 5.71. The van der Waals surface area contributed by atoms with Gasteiger partial charge in [0.25, 0.3) is 0 Å². The van der Waals surface area contributed by atoms with Gasteiger partial charge in [0.15, 0.2) is 0 Å². The summed E-state index contributed by atoms with van der Waals surface area (Å²) in [7, 11) is 1.66. The summed E-state index contributed by atoms with van der Waals surface area (Å²) in [5.41, 5.74) is 3.96. The van der Waals surface area contributed by atoms with Crippen LogP contribution in [0.15, 0.2) is 36.7 Å². The Hall–Kier alpha value is -1.85. The number of hydrogen-bond acceptors (Lipinski definition) is 4. The zero-order chi connectivity index (χ0) is 14.4. The molecule has 0 saturated heterocycles. The number of aromatic nitrogens is 2. The van der Waals surface area contributed by atoms with Crippen molar-refractivity contribution in [1.29, 1.82) is 0 Å². The third-order valence-corrected chi connectivity index (χ3v) is 3.35. The van der Waals surface area contributed by atoms with Gasteiger partial charge in [0.1, 0.15) is 11.6 Å². The standard InChI is InChI=1S/C15H22N4O/c1-3-8-19-9-7-17-15(19)11-14(18-16)12-5-4-6-13(10-12)20-2/h4-7,9-10,14,18H,3,8,11,16H2,1-2H3. The molecule has 0 fully saturated rings. The van der Waals surface area contributed by atoms with E-state index < -0.39 is 0 Å². The largest absolute Gasteiger partial charge is 0.497 e. The van der Waals surface area contributed by atoms with Gasteiger partial charge < -0.3 is 9.30 Å². The SMILES string of the molecule is CCCn1ccnc1CC(NN)c1cccc(OC)c1. The molecular weight excluding hydrogens is 252 g/mol. The lowest BCUT2D eigenvalue weighted by molar-refractivity contribution is 0.412. The Bertz CT molecular complexity index is 538. The molecule has 0 spiro atoms. The summed E-state index contributed by atoms with van der Waals surface area (Å²) in [4.78, 5) is 4.43. The third-order valence-electron chi connectivity index (χ3n) is 3.35. The van der Waals surface area contributed by atoms with Crippen molar-refractivity contribution in [3.8, 4) is 5.75 Å². The Balaban J connectivity index is 2.17. The molecule has 0 aliphatic heterocycles. The summed E-state index contributed by atoms with van der Waals surface area (Å²) < 4.78 is 7.43. The summed E-state index contributed by atoms with van der Waals surface area (Å²) in [5.74, 6) is 7.58. The zero-order valence-corrected chi connectivity index (χ0v) is 12.0. The van der Waals surface area contributed by atoms with E-state index in [0.717, 1.165) is 36.5 Å². The minimum Gasteiger partial charge on any atom is -0.497 e. The quantitative estimate of drug-likeness (QED) is 0.599. The first-order chi connectivity index (χ1) is 9.78. The van der Waals surface area contributed by atoms with Gasteiger partial charge in [-0.15, -0.1) is 0 Å². The highest BCUT2D eigenvalue weighted by molar-refractivity contribution is 5.31. The molecule has 3 N–H and O–H groups in total. The summed E-state index contributed by atoms with van der Waals surface area (Å²) in [6.07, 6.45) is 5.68. The second-order valence-corrected chi connectivity index (χ2v) is 4.74.